The fourth-order valence-electron chi connectivity index (χ4n) is 2.27. The van der Waals surface area contributed by atoms with E-state index in [0.717, 1.165) is 28.0 Å². The number of hydrogen-bond acceptors (Lipinski definition) is 4. The second kappa shape index (κ2) is 6.95. The van der Waals surface area contributed by atoms with Crippen molar-refractivity contribution < 1.29 is 4.79 Å². The molecule has 6 heteroatoms. The first kappa shape index (κ1) is 15.7. The third-order valence-corrected chi connectivity index (χ3v) is 3.55. The summed E-state index contributed by atoms with van der Waals surface area (Å²) in [5.74, 6) is 0. The molecule has 0 aliphatic heterocycles. The molecule has 0 saturated carbocycles. The molecule has 3 aromatic rings. The third kappa shape index (κ3) is 3.78. The molecule has 0 aliphatic carbocycles. The van der Waals surface area contributed by atoms with Crippen LogP contribution in [0.15, 0.2) is 54.9 Å². The summed E-state index contributed by atoms with van der Waals surface area (Å²) in [5, 5.41) is 6.19. The topological polar surface area (TPSA) is 70.2 Å². The van der Waals surface area contributed by atoms with Crippen LogP contribution in [0, 0.1) is 0 Å². The van der Waals surface area contributed by atoms with E-state index in [1.807, 2.05) is 42.5 Å². The SMILES string of the molecule is CN(C)C(=O)Nc1cccc(NCc2ccc3nccnc3c2)c1. The molecule has 0 saturated heterocycles. The van der Waals surface area contributed by atoms with Gasteiger partial charge in [-0.2, -0.15) is 0 Å². The number of aromatic nitrogens is 2. The van der Waals surface area contributed by atoms with Crippen molar-refractivity contribution in [1.29, 1.82) is 0 Å². The Morgan fingerprint density at radius 2 is 1.75 bits per heavy atom. The van der Waals surface area contributed by atoms with Crippen LogP contribution in [0.3, 0.4) is 0 Å². The van der Waals surface area contributed by atoms with Gasteiger partial charge in [-0.25, -0.2) is 4.79 Å². The molecule has 2 amide bonds. The summed E-state index contributed by atoms with van der Waals surface area (Å²) in [7, 11) is 3.42. The molecule has 1 heterocycles. The fraction of sp³-hybridized carbons (Fsp3) is 0.167. The summed E-state index contributed by atoms with van der Waals surface area (Å²) in [5.41, 5.74) is 4.57. The number of rotatable bonds is 4. The van der Waals surface area contributed by atoms with Crippen LogP contribution in [-0.4, -0.2) is 35.0 Å². The van der Waals surface area contributed by atoms with E-state index in [2.05, 4.69) is 20.6 Å². The van der Waals surface area contributed by atoms with Gasteiger partial charge in [-0.1, -0.05) is 12.1 Å². The van der Waals surface area contributed by atoms with Gasteiger partial charge in [0.25, 0.3) is 0 Å². The Morgan fingerprint density at radius 3 is 2.54 bits per heavy atom. The average molecular weight is 321 g/mol. The van der Waals surface area contributed by atoms with E-state index in [1.54, 1.807) is 26.5 Å². The van der Waals surface area contributed by atoms with Crippen molar-refractivity contribution in [2.24, 2.45) is 0 Å². The highest BCUT2D eigenvalue weighted by atomic mass is 16.2. The smallest absolute Gasteiger partial charge is 0.321 e. The Morgan fingerprint density at radius 1 is 1.00 bits per heavy atom. The third-order valence-electron chi connectivity index (χ3n) is 3.55. The molecular formula is C18H19N5O. The number of benzene rings is 2. The summed E-state index contributed by atoms with van der Waals surface area (Å²) < 4.78 is 0. The van der Waals surface area contributed by atoms with Crippen molar-refractivity contribution in [2.75, 3.05) is 24.7 Å². The first-order chi connectivity index (χ1) is 11.6. The van der Waals surface area contributed by atoms with E-state index in [1.165, 1.54) is 4.90 Å². The van der Waals surface area contributed by atoms with Crippen LogP contribution >= 0.6 is 0 Å². The maximum atomic E-state index is 11.7. The van der Waals surface area contributed by atoms with Crippen molar-refractivity contribution in [2.45, 2.75) is 6.54 Å². The number of hydrogen-bond donors (Lipinski definition) is 2. The molecule has 0 radical (unpaired) electrons. The summed E-state index contributed by atoms with van der Waals surface area (Å²) >= 11 is 0. The molecule has 24 heavy (non-hydrogen) atoms. The van der Waals surface area contributed by atoms with Crippen molar-refractivity contribution in [3.63, 3.8) is 0 Å². The maximum absolute atomic E-state index is 11.7. The molecule has 0 atom stereocenters. The highest BCUT2D eigenvalue weighted by Gasteiger charge is 2.04. The van der Waals surface area contributed by atoms with E-state index in [0.29, 0.717) is 6.54 Å². The maximum Gasteiger partial charge on any atom is 0.321 e. The van der Waals surface area contributed by atoms with E-state index >= 15 is 0 Å². The van der Waals surface area contributed by atoms with Gasteiger partial charge in [0, 0.05) is 44.4 Å². The number of nitrogens with zero attached hydrogens (tertiary/aromatic N) is 3. The standard InChI is InChI=1S/C18H19N5O/c1-23(2)18(24)22-15-5-3-4-14(11-15)21-12-13-6-7-16-17(10-13)20-9-8-19-16/h3-11,21H,12H2,1-2H3,(H,22,24). The summed E-state index contributed by atoms with van der Waals surface area (Å²) in [4.78, 5) is 21.8. The van der Waals surface area contributed by atoms with Crippen LogP contribution in [0.4, 0.5) is 16.2 Å². The minimum absolute atomic E-state index is 0.153. The number of nitrogens with one attached hydrogen (secondary N) is 2. The lowest BCUT2D eigenvalue weighted by Crippen LogP contribution is -2.27. The van der Waals surface area contributed by atoms with Crippen LogP contribution in [0.5, 0.6) is 0 Å². The highest BCUT2D eigenvalue weighted by Crippen LogP contribution is 2.17. The molecule has 0 unspecified atom stereocenters. The molecule has 0 aliphatic rings. The van der Waals surface area contributed by atoms with Gasteiger partial charge in [-0.15, -0.1) is 0 Å². The number of urea groups is 1. The number of anilines is 2. The van der Waals surface area contributed by atoms with Crippen LogP contribution in [0.1, 0.15) is 5.56 Å². The predicted molar refractivity (Wildman–Crippen MR) is 96.0 cm³/mol. The first-order valence-corrected chi connectivity index (χ1v) is 7.64. The zero-order valence-corrected chi connectivity index (χ0v) is 13.7. The van der Waals surface area contributed by atoms with Crippen molar-refractivity contribution >= 4 is 28.4 Å². The van der Waals surface area contributed by atoms with Gasteiger partial charge < -0.3 is 15.5 Å². The molecule has 2 aromatic carbocycles. The monoisotopic (exact) mass is 321 g/mol. The van der Waals surface area contributed by atoms with Gasteiger partial charge in [0.1, 0.15) is 0 Å². The number of carbonyl (C=O) groups is 1. The van der Waals surface area contributed by atoms with E-state index in [-0.39, 0.29) is 6.03 Å². The number of fused-ring (bicyclic) bond motifs is 1. The van der Waals surface area contributed by atoms with Crippen LogP contribution < -0.4 is 10.6 Å². The first-order valence-electron chi connectivity index (χ1n) is 7.64. The minimum atomic E-state index is -0.153. The lowest BCUT2D eigenvalue weighted by atomic mass is 10.2. The van der Waals surface area contributed by atoms with Gasteiger partial charge >= 0.3 is 6.03 Å². The second-order valence-electron chi connectivity index (χ2n) is 5.64. The van der Waals surface area contributed by atoms with Gasteiger partial charge in [-0.3, -0.25) is 9.97 Å². The van der Waals surface area contributed by atoms with Crippen molar-refractivity contribution in [3.05, 3.63) is 60.4 Å². The summed E-state index contributed by atoms with van der Waals surface area (Å²) in [6.45, 7) is 0.664. The Labute approximate surface area is 140 Å². The van der Waals surface area contributed by atoms with Gasteiger partial charge in [0.2, 0.25) is 0 Å². The zero-order chi connectivity index (χ0) is 16.9. The van der Waals surface area contributed by atoms with Gasteiger partial charge in [0.15, 0.2) is 0 Å². The molecule has 122 valence electrons. The molecule has 0 bridgehead atoms. The molecule has 2 N–H and O–H groups in total. The minimum Gasteiger partial charge on any atom is -0.381 e. The Kier molecular flexibility index (Phi) is 4.56. The largest absolute Gasteiger partial charge is 0.381 e. The Hall–Kier alpha value is -3.15. The van der Waals surface area contributed by atoms with Crippen LogP contribution in [0.25, 0.3) is 11.0 Å². The molecule has 0 spiro atoms. The van der Waals surface area contributed by atoms with Crippen molar-refractivity contribution in [3.8, 4) is 0 Å². The molecule has 6 nitrogen and oxygen atoms in total. The number of amides is 2. The van der Waals surface area contributed by atoms with E-state index in [9.17, 15) is 4.79 Å². The highest BCUT2D eigenvalue weighted by molar-refractivity contribution is 5.89. The van der Waals surface area contributed by atoms with E-state index < -0.39 is 0 Å². The fourth-order valence-corrected chi connectivity index (χ4v) is 2.27. The van der Waals surface area contributed by atoms with Crippen LogP contribution in [0.2, 0.25) is 0 Å². The van der Waals surface area contributed by atoms with Crippen molar-refractivity contribution in [1.82, 2.24) is 14.9 Å². The molecule has 3 rings (SSSR count). The Balaban J connectivity index is 1.68. The van der Waals surface area contributed by atoms with Gasteiger partial charge in [0.05, 0.1) is 11.0 Å². The van der Waals surface area contributed by atoms with E-state index in [4.69, 9.17) is 0 Å². The predicted octanol–water partition coefficient (Wildman–Crippen LogP) is 3.34. The second-order valence-corrected chi connectivity index (χ2v) is 5.64. The number of carbonyl (C=O) groups excluding carboxylic acids is 1. The molecule has 1 aromatic heterocycles. The lowest BCUT2D eigenvalue weighted by Gasteiger charge is -2.13. The summed E-state index contributed by atoms with van der Waals surface area (Å²) in [6, 6.07) is 13.5. The lowest BCUT2D eigenvalue weighted by molar-refractivity contribution is 0.230. The quantitative estimate of drug-likeness (QED) is 0.773. The van der Waals surface area contributed by atoms with Gasteiger partial charge in [-0.05, 0) is 35.9 Å². The Bertz CT molecular complexity index is 863. The van der Waals surface area contributed by atoms with Crippen LogP contribution in [-0.2, 0) is 6.54 Å². The molecule has 0 fully saturated rings. The summed E-state index contributed by atoms with van der Waals surface area (Å²) in [6.07, 6.45) is 3.38. The normalized spacial score (nSPS) is 10.4. The average Bonchev–Trinajstić information content (AvgIpc) is 2.60. The molecular weight excluding hydrogens is 302 g/mol. The zero-order valence-electron chi connectivity index (χ0n) is 13.7.